The Balaban J connectivity index is 0.00000181. The number of nitrogens with one attached hydrogen (secondary N) is 1. The van der Waals surface area contributed by atoms with Crippen LogP contribution in [0.1, 0.15) is 57.6 Å². The van der Waals surface area contributed by atoms with Gasteiger partial charge in [0.25, 0.3) is 6.47 Å². The average molecular weight is 781 g/mol. The van der Waals surface area contributed by atoms with Gasteiger partial charge in [-0.05, 0) is 78.9 Å². The second-order valence-electron chi connectivity index (χ2n) is 12.8. The Morgan fingerprint density at radius 1 is 0.926 bits per heavy atom. The number of pyridine rings is 1. The van der Waals surface area contributed by atoms with Crippen LogP contribution in [0, 0.1) is 5.92 Å². The van der Waals surface area contributed by atoms with Gasteiger partial charge in [0.1, 0.15) is 24.0 Å². The highest BCUT2D eigenvalue weighted by Crippen LogP contribution is 2.36. The van der Waals surface area contributed by atoms with Crippen LogP contribution in [-0.2, 0) is 32.0 Å². The van der Waals surface area contributed by atoms with E-state index in [0.29, 0.717) is 55.5 Å². The fourth-order valence-corrected chi connectivity index (χ4v) is 7.33. The molecule has 4 heterocycles. The molecule has 0 radical (unpaired) electrons. The van der Waals surface area contributed by atoms with Crippen LogP contribution in [0.4, 0.5) is 0 Å². The molecule has 1 unspecified atom stereocenters. The van der Waals surface area contributed by atoms with E-state index in [9.17, 15) is 9.59 Å². The zero-order valence-corrected chi connectivity index (χ0v) is 31.7. The van der Waals surface area contributed by atoms with Gasteiger partial charge in [0.15, 0.2) is 11.5 Å². The molecule has 1 aromatic heterocycles. The summed E-state index contributed by atoms with van der Waals surface area (Å²) in [5.74, 6) is 1.04. The van der Waals surface area contributed by atoms with Crippen LogP contribution in [0.3, 0.4) is 0 Å². The van der Waals surface area contributed by atoms with Gasteiger partial charge >= 0.3 is 11.9 Å². The molecule has 3 aromatic carbocycles. The van der Waals surface area contributed by atoms with Gasteiger partial charge in [-0.25, -0.2) is 9.59 Å². The van der Waals surface area contributed by atoms with Crippen molar-refractivity contribution in [1.82, 2.24) is 15.2 Å². The van der Waals surface area contributed by atoms with Crippen LogP contribution >= 0.6 is 23.2 Å². The first-order chi connectivity index (χ1) is 26.2. The molecule has 0 aliphatic carbocycles. The topological polar surface area (TPSA) is 146 Å². The van der Waals surface area contributed by atoms with Crippen molar-refractivity contribution in [2.24, 2.45) is 5.92 Å². The number of carbonyl (C=O) groups is 3. The number of ether oxygens (including phenoxy) is 5. The fraction of sp³-hybridized carbons (Fsp3) is 0.350. The van der Waals surface area contributed by atoms with Crippen molar-refractivity contribution in [2.75, 3.05) is 41.0 Å². The van der Waals surface area contributed by atoms with Crippen LogP contribution in [0.2, 0.25) is 10.0 Å². The van der Waals surface area contributed by atoms with Gasteiger partial charge in [0.2, 0.25) is 0 Å². The maximum Gasteiger partial charge on any atom is 0.338 e. The van der Waals surface area contributed by atoms with E-state index in [4.69, 9.17) is 56.8 Å². The van der Waals surface area contributed by atoms with E-state index in [1.165, 1.54) is 19.5 Å². The molecule has 3 aliphatic heterocycles. The number of hydrogen-bond acceptors (Lipinski definition) is 11. The Morgan fingerprint density at radius 2 is 1.61 bits per heavy atom. The summed E-state index contributed by atoms with van der Waals surface area (Å²) in [5.41, 5.74) is 3.02. The number of benzene rings is 3. The van der Waals surface area contributed by atoms with Crippen LogP contribution in [0.25, 0.3) is 0 Å². The zero-order valence-electron chi connectivity index (χ0n) is 30.2. The summed E-state index contributed by atoms with van der Waals surface area (Å²) in [4.78, 5) is 42.4. The third-order valence-electron chi connectivity index (χ3n) is 9.59. The number of aromatic nitrogens is 1. The molecule has 7 rings (SSSR count). The van der Waals surface area contributed by atoms with Crippen LogP contribution in [0.15, 0.2) is 79.1 Å². The summed E-state index contributed by atoms with van der Waals surface area (Å²) in [6.07, 6.45) is 4.31. The third kappa shape index (κ3) is 10.00. The normalized spacial score (nSPS) is 18.3. The lowest BCUT2D eigenvalue weighted by molar-refractivity contribution is -0.161. The maximum absolute atomic E-state index is 13.8. The van der Waals surface area contributed by atoms with E-state index >= 15 is 0 Å². The molecule has 3 saturated heterocycles. The molecule has 0 amide bonds. The molecule has 0 saturated carbocycles. The Kier molecular flexibility index (Phi) is 14.5. The Hall–Kier alpha value is -4.88. The standard InChI is InChI=1S/C39H41Cl2N3O7.CH2O2/c1-47-32-10-5-4-9-28(32)37(39(46)51-36-23-44-15-13-25(36)14-16-44)43-20-24-7-6-8-27(17-24)38(45)50-34(19-29-30(40)21-42-22-31(29)41)26-11-12-33(48-2)35(18-26)49-3;2-1-3/h4-12,17-18,21-22,25,34,36-37,43H,13-16,19-20,23H2,1-3H3;1H,(H,2,3)/t34-,36+,37?;/m1./s1. The average Bonchev–Trinajstić information content (AvgIpc) is 3.19. The van der Waals surface area contributed by atoms with Gasteiger partial charge in [-0.3, -0.25) is 20.0 Å². The highest BCUT2D eigenvalue weighted by atomic mass is 35.5. The van der Waals surface area contributed by atoms with E-state index in [2.05, 4.69) is 15.2 Å². The quantitative estimate of drug-likeness (QED) is 0.103. The molecule has 3 atom stereocenters. The van der Waals surface area contributed by atoms with Crippen molar-refractivity contribution < 1.29 is 43.2 Å². The van der Waals surface area contributed by atoms with Crippen molar-refractivity contribution >= 4 is 41.6 Å². The number of carboxylic acid groups (broad SMARTS) is 1. The van der Waals surface area contributed by atoms with Crippen molar-refractivity contribution in [2.45, 2.75) is 44.1 Å². The minimum Gasteiger partial charge on any atom is -0.496 e. The number of fused-ring (bicyclic) bond motifs is 3. The summed E-state index contributed by atoms with van der Waals surface area (Å²) < 4.78 is 28.9. The molecule has 4 aromatic rings. The number of methoxy groups -OCH3 is 3. The number of piperidine rings is 3. The lowest BCUT2D eigenvalue weighted by Gasteiger charge is -2.44. The van der Waals surface area contributed by atoms with Gasteiger partial charge in [-0.15, -0.1) is 0 Å². The Bertz CT molecular complexity index is 1880. The predicted octanol–water partition coefficient (Wildman–Crippen LogP) is 6.72. The molecule has 2 bridgehead atoms. The molecule has 286 valence electrons. The lowest BCUT2D eigenvalue weighted by Crippen LogP contribution is -2.52. The van der Waals surface area contributed by atoms with Crippen molar-refractivity contribution in [3.63, 3.8) is 0 Å². The predicted molar refractivity (Wildman–Crippen MR) is 202 cm³/mol. The molecule has 12 nitrogen and oxygen atoms in total. The van der Waals surface area contributed by atoms with Gasteiger partial charge in [-0.2, -0.15) is 0 Å². The molecule has 2 N–H and O–H groups in total. The largest absolute Gasteiger partial charge is 0.496 e. The van der Waals surface area contributed by atoms with Gasteiger partial charge in [-0.1, -0.05) is 59.6 Å². The molecule has 3 fully saturated rings. The highest BCUT2D eigenvalue weighted by molar-refractivity contribution is 6.35. The van der Waals surface area contributed by atoms with Gasteiger partial charge in [0, 0.05) is 37.5 Å². The second-order valence-corrected chi connectivity index (χ2v) is 13.6. The monoisotopic (exact) mass is 779 g/mol. The summed E-state index contributed by atoms with van der Waals surface area (Å²) >= 11 is 13.0. The number of nitrogens with zero attached hydrogens (tertiary/aromatic N) is 2. The highest BCUT2D eigenvalue weighted by Gasteiger charge is 2.38. The second kappa shape index (κ2) is 19.4. The molecular weight excluding hydrogens is 737 g/mol. The van der Waals surface area contributed by atoms with Crippen molar-refractivity contribution in [1.29, 1.82) is 0 Å². The SMILES string of the molecule is COc1ccc([C@@H](Cc2c(Cl)cncc2Cl)OC(=O)c2cccc(CNC(C(=O)O[C@H]3CN4CCC3CC4)c3ccccc3OC)c2)cc1OC.O=CO. The first-order valence-corrected chi connectivity index (χ1v) is 18.1. The van der Waals surface area contributed by atoms with E-state index in [1.807, 2.05) is 30.3 Å². The van der Waals surface area contributed by atoms with Gasteiger partial charge in [0.05, 0.1) is 36.9 Å². The minimum atomic E-state index is -0.795. The molecule has 14 heteroatoms. The number of carbonyl (C=O) groups excluding carboxylic acids is 2. The van der Waals surface area contributed by atoms with E-state index in [-0.39, 0.29) is 31.5 Å². The Labute approximate surface area is 324 Å². The van der Waals surface area contributed by atoms with E-state index in [0.717, 1.165) is 38.0 Å². The van der Waals surface area contributed by atoms with Crippen molar-refractivity contribution in [3.8, 4) is 17.2 Å². The minimum absolute atomic E-state index is 0.146. The number of hydrogen-bond donors (Lipinski definition) is 2. The van der Waals surface area contributed by atoms with Crippen LogP contribution < -0.4 is 19.5 Å². The van der Waals surface area contributed by atoms with E-state index < -0.39 is 18.1 Å². The van der Waals surface area contributed by atoms with Gasteiger partial charge < -0.3 is 28.8 Å². The van der Waals surface area contributed by atoms with Crippen LogP contribution in [-0.4, -0.2) is 80.5 Å². The first kappa shape index (κ1) is 40.3. The lowest BCUT2D eigenvalue weighted by atomic mass is 9.86. The first-order valence-electron chi connectivity index (χ1n) is 17.4. The number of esters is 2. The summed E-state index contributed by atoms with van der Waals surface area (Å²) in [5, 5.41) is 11.0. The smallest absolute Gasteiger partial charge is 0.338 e. The molecule has 0 spiro atoms. The Morgan fingerprint density at radius 3 is 2.26 bits per heavy atom. The third-order valence-corrected chi connectivity index (χ3v) is 10.2. The van der Waals surface area contributed by atoms with Crippen molar-refractivity contribution in [3.05, 3.63) is 117 Å². The zero-order chi connectivity index (χ0) is 38.6. The number of halogens is 2. The number of rotatable bonds is 14. The summed E-state index contributed by atoms with van der Waals surface area (Å²) in [7, 11) is 4.66. The molecule has 3 aliphatic rings. The molecule has 54 heavy (non-hydrogen) atoms. The fourth-order valence-electron chi connectivity index (χ4n) is 6.81. The summed E-state index contributed by atoms with van der Waals surface area (Å²) in [6, 6.07) is 19.0. The number of para-hydroxylation sites is 1. The maximum atomic E-state index is 13.8. The molecular formula is C40H43Cl2N3O9. The van der Waals surface area contributed by atoms with Crippen LogP contribution in [0.5, 0.6) is 17.2 Å². The van der Waals surface area contributed by atoms with E-state index in [1.54, 1.807) is 50.6 Å². The summed E-state index contributed by atoms with van der Waals surface area (Å²) in [6.45, 7) is 2.86.